The third-order valence-electron chi connectivity index (χ3n) is 6.29. The molecule has 7 nitrogen and oxygen atoms in total. The summed E-state index contributed by atoms with van der Waals surface area (Å²) in [6.07, 6.45) is 7.42. The molecule has 35 heavy (non-hydrogen) atoms. The number of rotatable bonds is 11. The lowest BCUT2D eigenvalue weighted by molar-refractivity contribution is 0.103. The first kappa shape index (κ1) is 25.3. The number of furan rings is 1. The smallest absolute Gasteiger partial charge is 0.229 e. The minimum atomic E-state index is -3.44. The largest absolute Gasteiger partial charge is 0.492 e. The Hall–Kier alpha value is -2.84. The third-order valence-corrected chi connectivity index (χ3v) is 6.90. The SMILES string of the molecule is CCCCc1oc2ccc(NS(C)(=O)=O)cc2c1C(=O)c1ccc(OCCN2CCCCC2)cc1. The first-order valence-corrected chi connectivity index (χ1v) is 14.3. The molecule has 1 aliphatic rings. The van der Waals surface area contributed by atoms with Crippen molar-refractivity contribution in [1.82, 2.24) is 4.90 Å². The Bertz CT molecular complexity index is 1260. The summed E-state index contributed by atoms with van der Waals surface area (Å²) >= 11 is 0. The molecule has 0 spiro atoms. The minimum Gasteiger partial charge on any atom is -0.492 e. The van der Waals surface area contributed by atoms with E-state index in [1.54, 1.807) is 30.3 Å². The van der Waals surface area contributed by atoms with E-state index >= 15 is 0 Å². The van der Waals surface area contributed by atoms with Crippen LogP contribution in [-0.2, 0) is 16.4 Å². The zero-order valence-electron chi connectivity index (χ0n) is 20.5. The van der Waals surface area contributed by atoms with Gasteiger partial charge in [0.05, 0.1) is 11.8 Å². The standard InChI is InChI=1S/C27H34N2O5S/c1-3-4-8-25-26(23-19-21(28-35(2,31)32)11-14-24(23)34-25)27(30)20-9-12-22(13-10-20)33-18-17-29-15-6-5-7-16-29/h9-14,19,28H,3-8,15-18H2,1-2H3. The van der Waals surface area contributed by atoms with Crippen LogP contribution in [0, 0.1) is 0 Å². The number of likely N-dealkylation sites (tertiary alicyclic amines) is 1. The van der Waals surface area contributed by atoms with Gasteiger partial charge in [0, 0.05) is 29.6 Å². The predicted molar refractivity (Wildman–Crippen MR) is 139 cm³/mol. The second-order valence-electron chi connectivity index (χ2n) is 9.19. The number of unbranched alkanes of at least 4 members (excludes halogenated alkanes) is 1. The minimum absolute atomic E-state index is 0.147. The van der Waals surface area contributed by atoms with Crippen LogP contribution in [0.2, 0.25) is 0 Å². The van der Waals surface area contributed by atoms with Crippen LogP contribution in [0.3, 0.4) is 0 Å². The van der Waals surface area contributed by atoms with Crippen molar-refractivity contribution < 1.29 is 22.4 Å². The van der Waals surface area contributed by atoms with E-state index in [9.17, 15) is 13.2 Å². The van der Waals surface area contributed by atoms with Gasteiger partial charge in [0.15, 0.2) is 5.78 Å². The molecule has 0 bridgehead atoms. The summed E-state index contributed by atoms with van der Waals surface area (Å²) in [6, 6.07) is 12.2. The number of aryl methyl sites for hydroxylation is 1. The Balaban J connectivity index is 1.54. The number of ketones is 1. The van der Waals surface area contributed by atoms with E-state index in [1.807, 2.05) is 12.1 Å². The summed E-state index contributed by atoms with van der Waals surface area (Å²) in [6.45, 7) is 5.89. The summed E-state index contributed by atoms with van der Waals surface area (Å²) in [7, 11) is -3.44. The number of nitrogens with zero attached hydrogens (tertiary/aromatic N) is 1. The number of fused-ring (bicyclic) bond motifs is 1. The summed E-state index contributed by atoms with van der Waals surface area (Å²) < 4.78 is 37.8. The molecular weight excluding hydrogens is 464 g/mol. The lowest BCUT2D eigenvalue weighted by Gasteiger charge is -2.26. The average Bonchev–Trinajstić information content (AvgIpc) is 3.20. The van der Waals surface area contributed by atoms with Crippen LogP contribution < -0.4 is 9.46 Å². The molecule has 2 heterocycles. The maximum atomic E-state index is 13.6. The fourth-order valence-electron chi connectivity index (χ4n) is 4.51. The van der Waals surface area contributed by atoms with Crippen LogP contribution in [0.15, 0.2) is 46.9 Å². The van der Waals surface area contributed by atoms with Gasteiger partial charge in [-0.3, -0.25) is 14.4 Å². The van der Waals surface area contributed by atoms with Crippen molar-refractivity contribution in [3.05, 3.63) is 59.4 Å². The Labute approximate surface area is 207 Å². The van der Waals surface area contributed by atoms with E-state index < -0.39 is 10.0 Å². The van der Waals surface area contributed by atoms with Crippen molar-refractivity contribution in [3.8, 4) is 5.75 Å². The van der Waals surface area contributed by atoms with Crippen molar-refractivity contribution in [2.24, 2.45) is 0 Å². The number of ether oxygens (including phenoxy) is 1. The van der Waals surface area contributed by atoms with Gasteiger partial charge >= 0.3 is 0 Å². The number of hydrogen-bond donors (Lipinski definition) is 1. The predicted octanol–water partition coefficient (Wildman–Crippen LogP) is 5.24. The van der Waals surface area contributed by atoms with Crippen molar-refractivity contribution in [3.63, 3.8) is 0 Å². The number of benzene rings is 2. The van der Waals surface area contributed by atoms with Crippen molar-refractivity contribution in [1.29, 1.82) is 0 Å². The number of sulfonamides is 1. The van der Waals surface area contributed by atoms with Gasteiger partial charge in [-0.15, -0.1) is 0 Å². The average molecular weight is 499 g/mol. The number of piperidine rings is 1. The molecule has 188 valence electrons. The van der Waals surface area contributed by atoms with Gasteiger partial charge in [0.1, 0.15) is 23.7 Å². The molecule has 1 N–H and O–H groups in total. The molecular formula is C27H34N2O5S. The molecule has 1 aromatic heterocycles. The zero-order chi connectivity index (χ0) is 24.8. The topological polar surface area (TPSA) is 88.8 Å². The number of nitrogens with one attached hydrogen (secondary N) is 1. The van der Waals surface area contributed by atoms with Crippen LogP contribution in [0.25, 0.3) is 11.0 Å². The van der Waals surface area contributed by atoms with E-state index in [0.717, 1.165) is 44.5 Å². The van der Waals surface area contributed by atoms with Gasteiger partial charge in [-0.05, 0) is 74.8 Å². The van der Waals surface area contributed by atoms with Crippen LogP contribution in [0.1, 0.15) is 60.7 Å². The maximum absolute atomic E-state index is 13.6. The quantitative estimate of drug-likeness (QED) is 0.364. The molecule has 0 atom stereocenters. The number of carbonyl (C=O) groups is 1. The molecule has 3 aromatic rings. The fourth-order valence-corrected chi connectivity index (χ4v) is 5.07. The van der Waals surface area contributed by atoms with E-state index in [-0.39, 0.29) is 5.78 Å². The molecule has 0 unspecified atom stereocenters. The molecule has 0 radical (unpaired) electrons. The first-order valence-electron chi connectivity index (χ1n) is 12.4. The van der Waals surface area contributed by atoms with Gasteiger partial charge in [0.2, 0.25) is 10.0 Å². The fraction of sp³-hybridized carbons (Fsp3) is 0.444. The maximum Gasteiger partial charge on any atom is 0.229 e. The highest BCUT2D eigenvalue weighted by atomic mass is 32.2. The second-order valence-corrected chi connectivity index (χ2v) is 10.9. The number of anilines is 1. The highest BCUT2D eigenvalue weighted by Crippen LogP contribution is 2.32. The van der Waals surface area contributed by atoms with Crippen molar-refractivity contribution in [2.45, 2.75) is 45.4 Å². The first-order chi connectivity index (χ1) is 16.8. The molecule has 8 heteroatoms. The lowest BCUT2D eigenvalue weighted by atomic mass is 9.98. The highest BCUT2D eigenvalue weighted by Gasteiger charge is 2.22. The van der Waals surface area contributed by atoms with Crippen molar-refractivity contribution >= 4 is 32.5 Å². The lowest BCUT2D eigenvalue weighted by Crippen LogP contribution is -2.33. The molecule has 4 rings (SSSR count). The normalized spacial score (nSPS) is 14.8. The van der Waals surface area contributed by atoms with Gasteiger partial charge in [0.25, 0.3) is 0 Å². The van der Waals surface area contributed by atoms with E-state index in [0.29, 0.717) is 46.6 Å². The van der Waals surface area contributed by atoms with Gasteiger partial charge in [-0.25, -0.2) is 8.42 Å². The van der Waals surface area contributed by atoms with Gasteiger partial charge < -0.3 is 9.15 Å². The second kappa shape index (κ2) is 11.3. The van der Waals surface area contributed by atoms with E-state index in [2.05, 4.69) is 16.5 Å². The monoisotopic (exact) mass is 498 g/mol. The Morgan fingerprint density at radius 1 is 1.09 bits per heavy atom. The molecule has 1 saturated heterocycles. The van der Waals surface area contributed by atoms with Gasteiger partial charge in [-0.2, -0.15) is 0 Å². The van der Waals surface area contributed by atoms with Crippen LogP contribution >= 0.6 is 0 Å². The summed E-state index contributed by atoms with van der Waals surface area (Å²) in [5, 5.41) is 0.608. The Morgan fingerprint density at radius 2 is 1.83 bits per heavy atom. The molecule has 1 fully saturated rings. The molecule has 0 amide bonds. The van der Waals surface area contributed by atoms with Crippen LogP contribution in [-0.4, -0.2) is 51.6 Å². The van der Waals surface area contributed by atoms with E-state index in [1.165, 1.54) is 19.3 Å². The third kappa shape index (κ3) is 6.64. The highest BCUT2D eigenvalue weighted by molar-refractivity contribution is 7.92. The molecule has 0 saturated carbocycles. The summed E-state index contributed by atoms with van der Waals surface area (Å²) in [4.78, 5) is 16.0. The Morgan fingerprint density at radius 3 is 2.51 bits per heavy atom. The number of hydrogen-bond acceptors (Lipinski definition) is 6. The zero-order valence-corrected chi connectivity index (χ0v) is 21.3. The molecule has 1 aliphatic heterocycles. The van der Waals surface area contributed by atoms with E-state index in [4.69, 9.17) is 9.15 Å². The summed E-state index contributed by atoms with van der Waals surface area (Å²) in [5.41, 5.74) is 1.99. The van der Waals surface area contributed by atoms with Gasteiger partial charge in [-0.1, -0.05) is 19.8 Å². The molecule has 2 aromatic carbocycles. The van der Waals surface area contributed by atoms with Crippen LogP contribution in [0.5, 0.6) is 5.75 Å². The summed E-state index contributed by atoms with van der Waals surface area (Å²) in [5.74, 6) is 1.22. The Kier molecular flexibility index (Phi) is 8.13. The molecule has 0 aliphatic carbocycles. The van der Waals surface area contributed by atoms with Crippen molar-refractivity contribution in [2.75, 3.05) is 37.2 Å². The number of carbonyl (C=O) groups excluding carboxylic acids is 1. The van der Waals surface area contributed by atoms with Crippen LogP contribution in [0.4, 0.5) is 5.69 Å².